The highest BCUT2D eigenvalue weighted by molar-refractivity contribution is 9.10. The van der Waals surface area contributed by atoms with E-state index in [4.69, 9.17) is 5.84 Å². The Morgan fingerprint density at radius 1 is 1.19 bits per heavy atom. The molecule has 0 saturated carbocycles. The van der Waals surface area contributed by atoms with Gasteiger partial charge in [-0.15, -0.1) is 10.2 Å². The Kier molecular flexibility index (Phi) is 6.03. The minimum Gasteiger partial charge on any atom is -0.334 e. The second-order valence-corrected chi connectivity index (χ2v) is 7.03. The van der Waals surface area contributed by atoms with Crippen LogP contribution in [-0.4, -0.2) is 32.6 Å². The first kappa shape index (κ1) is 18.2. The lowest BCUT2D eigenvalue weighted by atomic mass is 10.2. The maximum atomic E-state index is 12.2. The van der Waals surface area contributed by atoms with Crippen LogP contribution in [-0.2, 0) is 0 Å². The SMILES string of the molecule is Nn1c(N/N=C/c2ccccc2)nnc1SCC(=O)c1ccc(Br)cc1. The second kappa shape index (κ2) is 8.63. The standard InChI is InChI=1S/C17H15BrN6OS/c18-14-8-6-13(7-9-14)15(25)11-26-17-23-22-16(24(17)19)21-20-10-12-4-2-1-3-5-12/h1-10H,11,19H2,(H,21,22)/b20-10+. The van der Waals surface area contributed by atoms with Crippen LogP contribution in [0.2, 0.25) is 0 Å². The molecule has 0 fully saturated rings. The number of rotatable bonds is 7. The molecular weight excluding hydrogens is 416 g/mol. The minimum atomic E-state index is -0.0119. The summed E-state index contributed by atoms with van der Waals surface area (Å²) in [5, 5.41) is 12.4. The Labute approximate surface area is 162 Å². The van der Waals surface area contributed by atoms with Crippen molar-refractivity contribution in [1.29, 1.82) is 0 Å². The van der Waals surface area contributed by atoms with Gasteiger partial charge in [0.25, 0.3) is 5.95 Å². The van der Waals surface area contributed by atoms with Crippen molar-refractivity contribution in [3.8, 4) is 0 Å². The monoisotopic (exact) mass is 430 g/mol. The summed E-state index contributed by atoms with van der Waals surface area (Å²) in [5.74, 6) is 6.43. The molecule has 132 valence electrons. The number of nitrogen functional groups attached to an aromatic ring is 1. The zero-order valence-electron chi connectivity index (χ0n) is 13.5. The molecule has 3 aromatic rings. The third kappa shape index (κ3) is 4.70. The molecule has 0 spiro atoms. The van der Waals surface area contributed by atoms with Gasteiger partial charge < -0.3 is 5.84 Å². The molecular formula is C17H15BrN6OS. The summed E-state index contributed by atoms with van der Waals surface area (Å²) >= 11 is 4.56. The molecule has 0 amide bonds. The van der Waals surface area contributed by atoms with Crippen LogP contribution in [0.4, 0.5) is 5.95 Å². The van der Waals surface area contributed by atoms with Crippen molar-refractivity contribution < 1.29 is 4.79 Å². The summed E-state index contributed by atoms with van der Waals surface area (Å²) in [4.78, 5) is 12.2. The van der Waals surface area contributed by atoms with Gasteiger partial charge in [0, 0.05) is 10.0 Å². The molecule has 0 atom stereocenters. The number of carbonyl (C=O) groups is 1. The zero-order valence-corrected chi connectivity index (χ0v) is 15.9. The number of benzene rings is 2. The van der Waals surface area contributed by atoms with E-state index < -0.39 is 0 Å². The summed E-state index contributed by atoms with van der Waals surface area (Å²) in [6.45, 7) is 0. The fourth-order valence-corrected chi connectivity index (χ4v) is 3.02. The second-order valence-electron chi connectivity index (χ2n) is 5.18. The first-order chi connectivity index (χ1) is 12.6. The lowest BCUT2D eigenvalue weighted by molar-refractivity contribution is 0.102. The van der Waals surface area contributed by atoms with Crippen molar-refractivity contribution >= 4 is 45.6 Å². The smallest absolute Gasteiger partial charge is 0.264 e. The zero-order chi connectivity index (χ0) is 18.4. The number of hydrazone groups is 1. The largest absolute Gasteiger partial charge is 0.334 e. The number of nitrogens with two attached hydrogens (primary N) is 1. The van der Waals surface area contributed by atoms with E-state index in [0.717, 1.165) is 10.0 Å². The van der Waals surface area contributed by atoms with E-state index in [9.17, 15) is 4.79 Å². The number of hydrogen-bond acceptors (Lipinski definition) is 7. The van der Waals surface area contributed by atoms with Gasteiger partial charge in [0.2, 0.25) is 5.16 Å². The van der Waals surface area contributed by atoms with Crippen molar-refractivity contribution in [2.24, 2.45) is 5.10 Å². The Balaban J connectivity index is 1.57. The lowest BCUT2D eigenvalue weighted by Gasteiger charge is -2.03. The van der Waals surface area contributed by atoms with E-state index >= 15 is 0 Å². The van der Waals surface area contributed by atoms with E-state index in [1.54, 1.807) is 18.3 Å². The fraction of sp³-hybridized carbons (Fsp3) is 0.0588. The number of anilines is 1. The third-order valence-electron chi connectivity index (χ3n) is 3.34. The Morgan fingerprint density at radius 3 is 2.65 bits per heavy atom. The maximum Gasteiger partial charge on any atom is 0.264 e. The number of carbonyl (C=O) groups excluding carboxylic acids is 1. The van der Waals surface area contributed by atoms with Crippen molar-refractivity contribution in [2.45, 2.75) is 5.16 Å². The van der Waals surface area contributed by atoms with Crippen LogP contribution in [0.3, 0.4) is 0 Å². The number of nitrogens with one attached hydrogen (secondary N) is 1. The third-order valence-corrected chi connectivity index (χ3v) is 4.81. The normalized spacial score (nSPS) is 11.0. The first-order valence-corrected chi connectivity index (χ1v) is 9.37. The van der Waals surface area contributed by atoms with Crippen molar-refractivity contribution in [2.75, 3.05) is 17.0 Å². The van der Waals surface area contributed by atoms with E-state index in [1.807, 2.05) is 42.5 Å². The molecule has 0 saturated heterocycles. The van der Waals surface area contributed by atoms with Crippen LogP contribution >= 0.6 is 27.7 Å². The van der Waals surface area contributed by atoms with Gasteiger partial charge in [0.05, 0.1) is 12.0 Å². The summed E-state index contributed by atoms with van der Waals surface area (Å²) < 4.78 is 2.19. The number of Topliss-reactive ketones (excluding diaryl/α,β-unsaturated/α-hetero) is 1. The average Bonchev–Trinajstić information content (AvgIpc) is 3.01. The van der Waals surface area contributed by atoms with Gasteiger partial charge >= 0.3 is 0 Å². The van der Waals surface area contributed by atoms with Crippen molar-refractivity contribution in [3.05, 3.63) is 70.2 Å². The quantitative estimate of drug-likeness (QED) is 0.196. The van der Waals surface area contributed by atoms with Crippen LogP contribution in [0.5, 0.6) is 0 Å². The minimum absolute atomic E-state index is 0.0119. The van der Waals surface area contributed by atoms with E-state index in [-0.39, 0.29) is 17.5 Å². The highest BCUT2D eigenvalue weighted by Gasteiger charge is 2.13. The van der Waals surface area contributed by atoms with Gasteiger partial charge in [-0.2, -0.15) is 5.10 Å². The van der Waals surface area contributed by atoms with Crippen molar-refractivity contribution in [3.63, 3.8) is 0 Å². The number of ketones is 1. The predicted octanol–water partition coefficient (Wildman–Crippen LogP) is 3.18. The fourth-order valence-electron chi connectivity index (χ4n) is 2.00. The Bertz CT molecular complexity index is 911. The molecule has 9 heteroatoms. The van der Waals surface area contributed by atoms with E-state index in [0.29, 0.717) is 10.7 Å². The summed E-state index contributed by atoms with van der Waals surface area (Å²) in [6, 6.07) is 16.8. The van der Waals surface area contributed by atoms with Crippen LogP contribution < -0.4 is 11.3 Å². The first-order valence-electron chi connectivity index (χ1n) is 7.59. The molecule has 0 aliphatic carbocycles. The van der Waals surface area contributed by atoms with Gasteiger partial charge in [0.15, 0.2) is 5.78 Å². The Hall–Kier alpha value is -2.65. The Morgan fingerprint density at radius 2 is 1.92 bits per heavy atom. The number of nitrogens with zero attached hydrogens (tertiary/aromatic N) is 4. The van der Waals surface area contributed by atoms with Crippen LogP contribution in [0.1, 0.15) is 15.9 Å². The molecule has 1 aromatic heterocycles. The number of thioether (sulfide) groups is 1. The molecule has 3 rings (SSSR count). The average molecular weight is 431 g/mol. The van der Waals surface area contributed by atoms with Gasteiger partial charge in [-0.3, -0.25) is 4.79 Å². The summed E-state index contributed by atoms with van der Waals surface area (Å²) in [6.07, 6.45) is 1.65. The summed E-state index contributed by atoms with van der Waals surface area (Å²) in [5.41, 5.74) is 4.31. The molecule has 3 N–H and O–H groups in total. The van der Waals surface area contributed by atoms with Gasteiger partial charge in [-0.1, -0.05) is 70.2 Å². The molecule has 2 aromatic carbocycles. The van der Waals surface area contributed by atoms with Crippen LogP contribution in [0.15, 0.2) is 69.3 Å². The van der Waals surface area contributed by atoms with Crippen molar-refractivity contribution in [1.82, 2.24) is 14.9 Å². The van der Waals surface area contributed by atoms with Crippen LogP contribution in [0.25, 0.3) is 0 Å². The molecule has 0 bridgehead atoms. The predicted molar refractivity (Wildman–Crippen MR) is 107 cm³/mol. The van der Waals surface area contributed by atoms with Gasteiger partial charge in [0.1, 0.15) is 0 Å². The number of aromatic nitrogens is 3. The lowest BCUT2D eigenvalue weighted by Crippen LogP contribution is -2.14. The topological polar surface area (TPSA) is 98.2 Å². The van der Waals surface area contributed by atoms with Gasteiger partial charge in [-0.05, 0) is 17.7 Å². The van der Waals surface area contributed by atoms with Gasteiger partial charge in [-0.25, -0.2) is 10.1 Å². The molecule has 0 radical (unpaired) electrons. The molecule has 1 heterocycles. The highest BCUT2D eigenvalue weighted by atomic mass is 79.9. The maximum absolute atomic E-state index is 12.2. The molecule has 7 nitrogen and oxygen atoms in total. The molecule has 26 heavy (non-hydrogen) atoms. The number of hydrogen-bond donors (Lipinski definition) is 2. The van der Waals surface area contributed by atoms with E-state index in [2.05, 4.69) is 36.7 Å². The molecule has 0 unspecified atom stereocenters. The van der Waals surface area contributed by atoms with E-state index in [1.165, 1.54) is 16.4 Å². The number of halogens is 1. The molecule has 0 aliphatic rings. The van der Waals surface area contributed by atoms with Crippen LogP contribution in [0, 0.1) is 0 Å². The highest BCUT2D eigenvalue weighted by Crippen LogP contribution is 2.19. The molecule has 0 aliphatic heterocycles. The summed E-state index contributed by atoms with van der Waals surface area (Å²) in [7, 11) is 0.